The van der Waals surface area contributed by atoms with Crippen LogP contribution in [0.1, 0.15) is 44.1 Å². The van der Waals surface area contributed by atoms with Crippen LogP contribution in [0.4, 0.5) is 0 Å². The van der Waals surface area contributed by atoms with Crippen molar-refractivity contribution in [1.29, 1.82) is 0 Å². The minimum Gasteiger partial charge on any atom is -0.327 e. The highest BCUT2D eigenvalue weighted by atomic mass is 35.5. The molecule has 1 unspecified atom stereocenters. The summed E-state index contributed by atoms with van der Waals surface area (Å²) in [7, 11) is 0. The van der Waals surface area contributed by atoms with Gasteiger partial charge >= 0.3 is 0 Å². The van der Waals surface area contributed by atoms with Gasteiger partial charge in [-0.25, -0.2) is 4.68 Å². The van der Waals surface area contributed by atoms with Crippen LogP contribution in [-0.4, -0.2) is 15.8 Å². The number of halogens is 1. The molecular formula is C17H24ClN3. The third-order valence-corrected chi connectivity index (χ3v) is 4.08. The summed E-state index contributed by atoms with van der Waals surface area (Å²) in [5, 5.41) is 5.45. The lowest BCUT2D eigenvalue weighted by atomic mass is 10.0. The Labute approximate surface area is 132 Å². The highest BCUT2D eigenvalue weighted by molar-refractivity contribution is 6.30. The third kappa shape index (κ3) is 3.66. The van der Waals surface area contributed by atoms with Gasteiger partial charge in [0.05, 0.1) is 11.4 Å². The molecule has 1 aromatic carbocycles. The predicted octanol–water partition coefficient (Wildman–Crippen LogP) is 3.93. The van der Waals surface area contributed by atoms with Crippen molar-refractivity contribution in [3.63, 3.8) is 0 Å². The summed E-state index contributed by atoms with van der Waals surface area (Å²) in [5.74, 6) is 0. The van der Waals surface area contributed by atoms with Crippen LogP contribution in [0.2, 0.25) is 5.02 Å². The molecule has 2 aromatic rings. The second kappa shape index (κ2) is 7.10. The predicted molar refractivity (Wildman–Crippen MR) is 89.3 cm³/mol. The maximum atomic E-state index is 6.20. The molecule has 0 fully saturated rings. The van der Waals surface area contributed by atoms with Crippen molar-refractivity contribution in [2.45, 2.75) is 52.5 Å². The Balaban J connectivity index is 2.51. The van der Waals surface area contributed by atoms with E-state index in [1.165, 1.54) is 11.3 Å². The Kier molecular flexibility index (Phi) is 5.43. The van der Waals surface area contributed by atoms with Crippen molar-refractivity contribution in [3.05, 3.63) is 46.2 Å². The molecule has 0 amide bonds. The van der Waals surface area contributed by atoms with Crippen LogP contribution in [0.5, 0.6) is 0 Å². The van der Waals surface area contributed by atoms with E-state index in [4.69, 9.17) is 22.4 Å². The number of nitrogens with two attached hydrogens (primary N) is 1. The quantitative estimate of drug-likeness (QED) is 0.878. The van der Waals surface area contributed by atoms with Gasteiger partial charge in [0.2, 0.25) is 0 Å². The number of aromatic nitrogens is 2. The lowest BCUT2D eigenvalue weighted by Gasteiger charge is -2.15. The van der Waals surface area contributed by atoms with Crippen LogP contribution in [-0.2, 0) is 19.3 Å². The fraction of sp³-hybridized carbons (Fsp3) is 0.471. The average Bonchev–Trinajstić information content (AvgIpc) is 2.92. The Morgan fingerprint density at radius 2 is 1.95 bits per heavy atom. The Morgan fingerprint density at radius 3 is 2.57 bits per heavy atom. The first-order valence-electron chi connectivity index (χ1n) is 7.71. The fourth-order valence-electron chi connectivity index (χ4n) is 2.44. The molecule has 0 aliphatic rings. The Morgan fingerprint density at radius 1 is 1.19 bits per heavy atom. The average molecular weight is 306 g/mol. The van der Waals surface area contributed by atoms with E-state index < -0.39 is 0 Å². The number of aryl methyl sites for hydroxylation is 2. The van der Waals surface area contributed by atoms with Crippen LogP contribution in [0.15, 0.2) is 24.3 Å². The molecule has 0 radical (unpaired) electrons. The van der Waals surface area contributed by atoms with Gasteiger partial charge < -0.3 is 5.73 Å². The summed E-state index contributed by atoms with van der Waals surface area (Å²) in [5.41, 5.74) is 10.7. The third-order valence-electron chi connectivity index (χ3n) is 3.84. The monoisotopic (exact) mass is 305 g/mol. The van der Waals surface area contributed by atoms with Crippen LogP contribution >= 0.6 is 11.6 Å². The van der Waals surface area contributed by atoms with E-state index in [0.29, 0.717) is 0 Å². The van der Waals surface area contributed by atoms with E-state index in [1.807, 2.05) is 16.8 Å². The molecule has 21 heavy (non-hydrogen) atoms. The molecule has 4 heteroatoms. The summed E-state index contributed by atoms with van der Waals surface area (Å²) in [4.78, 5) is 0. The van der Waals surface area contributed by atoms with E-state index in [2.05, 4.69) is 32.9 Å². The lowest BCUT2D eigenvalue weighted by molar-refractivity contribution is 0.641. The van der Waals surface area contributed by atoms with Crippen molar-refractivity contribution in [2.24, 2.45) is 5.73 Å². The van der Waals surface area contributed by atoms with E-state index >= 15 is 0 Å². The smallest absolute Gasteiger partial charge is 0.0696 e. The maximum Gasteiger partial charge on any atom is 0.0696 e. The highest BCUT2D eigenvalue weighted by Gasteiger charge is 2.13. The zero-order valence-electron chi connectivity index (χ0n) is 13.1. The number of nitrogens with zero attached hydrogens (tertiary/aromatic N) is 2. The molecule has 3 nitrogen and oxygen atoms in total. The lowest BCUT2D eigenvalue weighted by Crippen LogP contribution is -2.22. The van der Waals surface area contributed by atoms with Crippen molar-refractivity contribution < 1.29 is 0 Å². The normalized spacial score (nSPS) is 12.6. The summed E-state index contributed by atoms with van der Waals surface area (Å²) in [6.45, 7) is 6.38. The zero-order chi connectivity index (χ0) is 15.4. The molecular weight excluding hydrogens is 282 g/mol. The van der Waals surface area contributed by atoms with Crippen LogP contribution in [0.25, 0.3) is 5.69 Å². The molecule has 114 valence electrons. The SMILES string of the molecule is CCc1cc(CC)n(-c2cc(Cl)ccc2CC(N)CC)n1. The molecule has 0 saturated heterocycles. The van der Waals surface area contributed by atoms with E-state index in [9.17, 15) is 0 Å². The molecule has 0 spiro atoms. The largest absolute Gasteiger partial charge is 0.327 e. The van der Waals surface area contributed by atoms with Gasteiger partial charge in [0.15, 0.2) is 0 Å². The van der Waals surface area contributed by atoms with Crippen molar-refractivity contribution in [3.8, 4) is 5.69 Å². The van der Waals surface area contributed by atoms with Crippen molar-refractivity contribution in [2.75, 3.05) is 0 Å². The first-order valence-corrected chi connectivity index (χ1v) is 8.08. The molecule has 2 N–H and O–H groups in total. The van der Waals surface area contributed by atoms with Gasteiger partial charge in [-0.05, 0) is 49.4 Å². The van der Waals surface area contributed by atoms with Gasteiger partial charge in [0.1, 0.15) is 0 Å². The van der Waals surface area contributed by atoms with Gasteiger partial charge in [0, 0.05) is 16.8 Å². The number of hydrogen-bond acceptors (Lipinski definition) is 2. The first-order chi connectivity index (χ1) is 10.1. The molecule has 1 aromatic heterocycles. The summed E-state index contributed by atoms with van der Waals surface area (Å²) < 4.78 is 2.03. The van der Waals surface area contributed by atoms with Gasteiger partial charge in [-0.1, -0.05) is 38.4 Å². The highest BCUT2D eigenvalue weighted by Crippen LogP contribution is 2.23. The number of rotatable bonds is 6. The van der Waals surface area contributed by atoms with E-state index in [1.54, 1.807) is 0 Å². The van der Waals surface area contributed by atoms with E-state index in [0.717, 1.165) is 42.1 Å². The van der Waals surface area contributed by atoms with Crippen LogP contribution in [0.3, 0.4) is 0 Å². The number of hydrogen-bond donors (Lipinski definition) is 1. The summed E-state index contributed by atoms with van der Waals surface area (Å²) in [6.07, 6.45) is 3.68. The number of benzene rings is 1. The standard InChI is InChI=1S/C17H24ClN3/c1-4-14(19)9-12-7-8-13(18)10-17(12)21-16(6-3)11-15(5-2)20-21/h7-8,10-11,14H,4-6,9,19H2,1-3H3. The molecule has 1 atom stereocenters. The molecule has 2 rings (SSSR count). The van der Waals surface area contributed by atoms with Crippen LogP contribution < -0.4 is 5.73 Å². The first kappa shape index (κ1) is 16.1. The van der Waals surface area contributed by atoms with Gasteiger partial charge in [-0.2, -0.15) is 5.10 Å². The van der Waals surface area contributed by atoms with Gasteiger partial charge in [-0.3, -0.25) is 0 Å². The van der Waals surface area contributed by atoms with Crippen LogP contribution in [0, 0.1) is 0 Å². The molecule has 0 aliphatic heterocycles. The molecule has 0 bridgehead atoms. The Bertz CT molecular complexity index is 604. The summed E-state index contributed by atoms with van der Waals surface area (Å²) >= 11 is 6.20. The molecule has 1 heterocycles. The summed E-state index contributed by atoms with van der Waals surface area (Å²) in [6, 6.07) is 8.32. The fourth-order valence-corrected chi connectivity index (χ4v) is 2.61. The van der Waals surface area contributed by atoms with Crippen molar-refractivity contribution in [1.82, 2.24) is 9.78 Å². The van der Waals surface area contributed by atoms with Gasteiger partial charge in [-0.15, -0.1) is 0 Å². The van der Waals surface area contributed by atoms with Gasteiger partial charge in [0.25, 0.3) is 0 Å². The minimum absolute atomic E-state index is 0.163. The zero-order valence-corrected chi connectivity index (χ0v) is 13.8. The molecule has 0 saturated carbocycles. The van der Waals surface area contributed by atoms with E-state index in [-0.39, 0.29) is 6.04 Å². The Hall–Kier alpha value is -1.32. The second-order valence-electron chi connectivity index (χ2n) is 5.39. The maximum absolute atomic E-state index is 6.20. The second-order valence-corrected chi connectivity index (χ2v) is 5.83. The molecule has 0 aliphatic carbocycles. The van der Waals surface area contributed by atoms with Crippen molar-refractivity contribution >= 4 is 11.6 Å². The minimum atomic E-state index is 0.163. The topological polar surface area (TPSA) is 43.8 Å².